The summed E-state index contributed by atoms with van der Waals surface area (Å²) in [5.74, 6) is 0. The van der Waals surface area contributed by atoms with Gasteiger partial charge in [0.25, 0.3) is 0 Å². The van der Waals surface area contributed by atoms with E-state index in [1.807, 2.05) is 60.7 Å². The molecule has 0 aromatic heterocycles. The van der Waals surface area contributed by atoms with Crippen molar-refractivity contribution in [1.29, 1.82) is 0 Å². The molecule has 3 aromatic rings. The summed E-state index contributed by atoms with van der Waals surface area (Å²) in [5, 5.41) is 0.669. The molecule has 0 radical (unpaired) electrons. The van der Waals surface area contributed by atoms with Crippen molar-refractivity contribution >= 4 is 11.6 Å². The molecule has 0 aliphatic carbocycles. The highest BCUT2D eigenvalue weighted by Gasteiger charge is 2.38. The van der Waals surface area contributed by atoms with Crippen LogP contribution >= 0.6 is 11.6 Å². The zero-order valence-electron chi connectivity index (χ0n) is 13.4. The van der Waals surface area contributed by atoms with Crippen molar-refractivity contribution in [3.8, 4) is 0 Å². The highest BCUT2D eigenvalue weighted by Crippen LogP contribution is 2.43. The van der Waals surface area contributed by atoms with E-state index in [1.54, 1.807) is 0 Å². The number of hydrogen-bond acceptors (Lipinski definition) is 2. The van der Waals surface area contributed by atoms with Gasteiger partial charge >= 0.3 is 0 Å². The molecular weight excluding hydrogens is 318 g/mol. The fraction of sp³-hybridized carbons (Fsp3) is 0.143. The predicted octanol–water partition coefficient (Wildman–Crippen LogP) is 4.61. The minimum absolute atomic E-state index is 0.426. The Hall–Kier alpha value is -2.13. The summed E-state index contributed by atoms with van der Waals surface area (Å²) in [6.07, 6.45) is 0. The summed E-state index contributed by atoms with van der Waals surface area (Å²) >= 11 is 6.58. The number of benzene rings is 3. The molecule has 0 unspecified atom stereocenters. The van der Waals surface area contributed by atoms with Crippen LogP contribution in [0.25, 0.3) is 0 Å². The minimum atomic E-state index is -0.791. The summed E-state index contributed by atoms with van der Waals surface area (Å²) in [4.78, 5) is 0. The van der Waals surface area contributed by atoms with E-state index in [2.05, 4.69) is 24.3 Å². The lowest BCUT2D eigenvalue weighted by Gasteiger charge is -2.36. The van der Waals surface area contributed by atoms with Crippen LogP contribution < -0.4 is 5.73 Å². The molecule has 122 valence electrons. The van der Waals surface area contributed by atoms with Gasteiger partial charge in [0.1, 0.15) is 5.60 Å². The van der Waals surface area contributed by atoms with Crippen LogP contribution in [0.3, 0.4) is 0 Å². The maximum Gasteiger partial charge on any atom is 0.145 e. The fourth-order valence-electron chi connectivity index (χ4n) is 3.03. The quantitative estimate of drug-likeness (QED) is 0.667. The van der Waals surface area contributed by atoms with Crippen molar-refractivity contribution in [2.24, 2.45) is 5.73 Å². The first-order chi connectivity index (χ1) is 11.8. The van der Waals surface area contributed by atoms with Crippen LogP contribution in [0, 0.1) is 0 Å². The number of halogens is 1. The third-order valence-electron chi connectivity index (χ3n) is 4.05. The molecular formula is C21H20ClNO. The summed E-state index contributed by atoms with van der Waals surface area (Å²) in [5.41, 5.74) is 7.92. The smallest absolute Gasteiger partial charge is 0.145 e. The zero-order chi connectivity index (χ0) is 16.8. The normalized spacial score (nSPS) is 11.4. The number of hydrogen-bond donors (Lipinski definition) is 1. The molecule has 0 amide bonds. The van der Waals surface area contributed by atoms with Crippen molar-refractivity contribution in [3.05, 3.63) is 107 Å². The van der Waals surface area contributed by atoms with Gasteiger partial charge in [-0.25, -0.2) is 0 Å². The topological polar surface area (TPSA) is 35.2 Å². The minimum Gasteiger partial charge on any atom is -0.359 e. The number of ether oxygens (including phenoxy) is 1. The molecule has 0 fully saturated rings. The molecule has 2 N–H and O–H groups in total. The molecule has 0 aliphatic rings. The van der Waals surface area contributed by atoms with Crippen LogP contribution in [-0.2, 0) is 10.3 Å². The molecule has 0 saturated carbocycles. The lowest BCUT2D eigenvalue weighted by molar-refractivity contribution is 0.0180. The second kappa shape index (κ2) is 7.63. The Morgan fingerprint density at radius 2 is 1.25 bits per heavy atom. The standard InChI is InChI=1S/C21H20ClNO/c22-20-14-8-7-13-19(20)21(24-16-15-23,17-9-3-1-4-10-17)18-11-5-2-6-12-18/h1-14H,15-16,23H2. The second-order valence-electron chi connectivity index (χ2n) is 5.53. The molecule has 3 heteroatoms. The zero-order valence-corrected chi connectivity index (χ0v) is 14.1. The first kappa shape index (κ1) is 16.7. The van der Waals surface area contributed by atoms with Crippen LogP contribution in [0.5, 0.6) is 0 Å². The van der Waals surface area contributed by atoms with Gasteiger partial charge in [-0.1, -0.05) is 90.5 Å². The van der Waals surface area contributed by atoms with E-state index in [0.29, 0.717) is 18.2 Å². The van der Waals surface area contributed by atoms with Crippen LogP contribution in [-0.4, -0.2) is 13.2 Å². The summed E-state index contributed by atoms with van der Waals surface area (Å²) in [7, 11) is 0. The van der Waals surface area contributed by atoms with Crippen molar-refractivity contribution in [3.63, 3.8) is 0 Å². The van der Waals surface area contributed by atoms with E-state index in [9.17, 15) is 0 Å². The molecule has 0 spiro atoms. The summed E-state index contributed by atoms with van der Waals surface area (Å²) in [6.45, 7) is 0.862. The molecule has 0 aliphatic heterocycles. The monoisotopic (exact) mass is 337 g/mol. The Kier molecular flexibility index (Phi) is 5.31. The first-order valence-corrected chi connectivity index (χ1v) is 8.37. The summed E-state index contributed by atoms with van der Waals surface area (Å²) < 4.78 is 6.41. The Morgan fingerprint density at radius 3 is 1.75 bits per heavy atom. The van der Waals surface area contributed by atoms with Gasteiger partial charge in [-0.05, 0) is 17.2 Å². The van der Waals surface area contributed by atoms with Crippen molar-refractivity contribution < 1.29 is 4.74 Å². The molecule has 2 nitrogen and oxygen atoms in total. The third kappa shape index (κ3) is 3.09. The van der Waals surface area contributed by atoms with E-state index in [0.717, 1.165) is 16.7 Å². The van der Waals surface area contributed by atoms with Gasteiger partial charge in [0.2, 0.25) is 0 Å². The van der Waals surface area contributed by atoms with E-state index in [1.165, 1.54) is 0 Å². The molecule has 3 aromatic carbocycles. The molecule has 3 rings (SSSR count). The maximum atomic E-state index is 6.58. The van der Waals surface area contributed by atoms with Crippen molar-refractivity contribution in [2.75, 3.05) is 13.2 Å². The van der Waals surface area contributed by atoms with Gasteiger partial charge in [-0.2, -0.15) is 0 Å². The average Bonchev–Trinajstić information content (AvgIpc) is 2.65. The second-order valence-corrected chi connectivity index (χ2v) is 5.94. The number of rotatable bonds is 6. The Balaban J connectivity index is 2.31. The van der Waals surface area contributed by atoms with Crippen molar-refractivity contribution in [1.82, 2.24) is 0 Å². The average molecular weight is 338 g/mol. The van der Waals surface area contributed by atoms with Crippen LogP contribution in [0.15, 0.2) is 84.9 Å². The first-order valence-electron chi connectivity index (χ1n) is 7.99. The van der Waals surface area contributed by atoms with Gasteiger partial charge in [0, 0.05) is 17.1 Å². The lowest BCUT2D eigenvalue weighted by atomic mass is 9.80. The van der Waals surface area contributed by atoms with Gasteiger partial charge in [0.05, 0.1) is 6.61 Å². The molecule has 0 atom stereocenters. The molecule has 0 heterocycles. The maximum absolute atomic E-state index is 6.58. The van der Waals surface area contributed by atoms with E-state index in [4.69, 9.17) is 22.1 Å². The third-order valence-corrected chi connectivity index (χ3v) is 4.38. The van der Waals surface area contributed by atoms with Gasteiger partial charge in [0.15, 0.2) is 0 Å². The molecule has 0 bridgehead atoms. The van der Waals surface area contributed by atoms with Gasteiger partial charge < -0.3 is 10.5 Å². The van der Waals surface area contributed by atoms with Crippen molar-refractivity contribution in [2.45, 2.75) is 5.60 Å². The highest BCUT2D eigenvalue weighted by atomic mass is 35.5. The SMILES string of the molecule is NCCOC(c1ccccc1)(c1ccccc1)c1ccccc1Cl. The van der Waals surface area contributed by atoms with E-state index < -0.39 is 5.60 Å². The van der Waals surface area contributed by atoms with Gasteiger partial charge in [-0.3, -0.25) is 0 Å². The van der Waals surface area contributed by atoms with Crippen LogP contribution in [0.2, 0.25) is 5.02 Å². The molecule has 0 saturated heterocycles. The lowest BCUT2D eigenvalue weighted by Crippen LogP contribution is -2.35. The van der Waals surface area contributed by atoms with E-state index in [-0.39, 0.29) is 0 Å². The molecule has 24 heavy (non-hydrogen) atoms. The van der Waals surface area contributed by atoms with Crippen LogP contribution in [0.4, 0.5) is 0 Å². The van der Waals surface area contributed by atoms with Gasteiger partial charge in [-0.15, -0.1) is 0 Å². The predicted molar refractivity (Wildman–Crippen MR) is 99.2 cm³/mol. The van der Waals surface area contributed by atoms with Crippen LogP contribution in [0.1, 0.15) is 16.7 Å². The van der Waals surface area contributed by atoms with E-state index >= 15 is 0 Å². The highest BCUT2D eigenvalue weighted by molar-refractivity contribution is 6.31. The number of nitrogens with two attached hydrogens (primary N) is 1. The summed E-state index contributed by atoms with van der Waals surface area (Å²) in [6, 6.07) is 28.1. The Labute approximate surface area is 147 Å². The Morgan fingerprint density at radius 1 is 0.750 bits per heavy atom. The fourth-order valence-corrected chi connectivity index (χ4v) is 3.30. The Bertz CT molecular complexity index is 735. The largest absolute Gasteiger partial charge is 0.359 e.